The summed E-state index contributed by atoms with van der Waals surface area (Å²) in [6.07, 6.45) is 6.95. The van der Waals surface area contributed by atoms with Crippen molar-refractivity contribution in [3.8, 4) is 11.5 Å². The van der Waals surface area contributed by atoms with Crippen LogP contribution in [0, 0.1) is 0 Å². The van der Waals surface area contributed by atoms with Crippen LogP contribution in [-0.4, -0.2) is 31.6 Å². The number of fused-ring (bicyclic) bond motifs is 1. The van der Waals surface area contributed by atoms with Gasteiger partial charge in [0.15, 0.2) is 11.5 Å². The van der Waals surface area contributed by atoms with Gasteiger partial charge in [-0.05, 0) is 48.4 Å². The van der Waals surface area contributed by atoms with Crippen molar-refractivity contribution in [2.75, 3.05) is 6.54 Å². The highest BCUT2D eigenvalue weighted by molar-refractivity contribution is 7.80. The minimum Gasteiger partial charge on any atom is -0.503 e. The first-order chi connectivity index (χ1) is 12.0. The van der Waals surface area contributed by atoms with Crippen LogP contribution in [0.1, 0.15) is 29.5 Å². The summed E-state index contributed by atoms with van der Waals surface area (Å²) < 4.78 is 0. The summed E-state index contributed by atoms with van der Waals surface area (Å²) in [5.74, 6) is -0.715. The predicted molar refractivity (Wildman–Crippen MR) is 104 cm³/mol. The van der Waals surface area contributed by atoms with Gasteiger partial charge in [0, 0.05) is 25.5 Å². The molecule has 2 heterocycles. The van der Waals surface area contributed by atoms with E-state index in [0.29, 0.717) is 13.0 Å². The Kier molecular flexibility index (Phi) is 5.67. The Labute approximate surface area is 162 Å². The molecule has 132 valence electrons. The number of hydrogen-bond donors (Lipinski definition) is 2. The maximum atomic E-state index is 9.91. The van der Waals surface area contributed by atoms with Crippen molar-refractivity contribution >= 4 is 40.4 Å². The van der Waals surface area contributed by atoms with Crippen LogP contribution in [0.25, 0.3) is 0 Å². The van der Waals surface area contributed by atoms with Gasteiger partial charge in [-0.3, -0.25) is 4.98 Å². The molecule has 2 N–H and O–H groups in total. The summed E-state index contributed by atoms with van der Waals surface area (Å²) in [5.41, 5.74) is 2.73. The fourth-order valence-electron chi connectivity index (χ4n) is 3.06. The van der Waals surface area contributed by atoms with Crippen LogP contribution in [-0.2, 0) is 19.4 Å². The molecular formula is C18H18Cl2N2O2S. The molecule has 25 heavy (non-hydrogen) atoms. The molecule has 7 heteroatoms. The van der Waals surface area contributed by atoms with Crippen LogP contribution in [0.5, 0.6) is 11.5 Å². The quantitative estimate of drug-likeness (QED) is 0.588. The zero-order chi connectivity index (χ0) is 18.0. The number of thiocarbonyl (C=S) groups is 1. The molecule has 2 aromatic rings. The van der Waals surface area contributed by atoms with E-state index < -0.39 is 0 Å². The second-order valence-corrected chi connectivity index (χ2v) is 7.29. The maximum absolute atomic E-state index is 9.91. The summed E-state index contributed by atoms with van der Waals surface area (Å²) in [6, 6.07) is 3.99. The zero-order valence-electron chi connectivity index (χ0n) is 13.5. The molecule has 0 bridgehead atoms. The first kappa shape index (κ1) is 18.2. The lowest BCUT2D eigenvalue weighted by atomic mass is 9.98. The van der Waals surface area contributed by atoms with E-state index in [1.165, 1.54) is 5.56 Å². The van der Waals surface area contributed by atoms with Crippen molar-refractivity contribution in [3.63, 3.8) is 0 Å². The molecule has 0 saturated carbocycles. The van der Waals surface area contributed by atoms with E-state index in [0.717, 1.165) is 41.9 Å². The third-order valence-corrected chi connectivity index (χ3v) is 5.72. The second-order valence-electron chi connectivity index (χ2n) is 6.06. The SMILES string of the molecule is Oc1c(O)c(Cl)c2c(c1Cl)CCN(C(=S)CCCc1cccnc1)C2. The molecule has 0 radical (unpaired) electrons. The highest BCUT2D eigenvalue weighted by Crippen LogP contribution is 2.46. The molecule has 0 amide bonds. The lowest BCUT2D eigenvalue weighted by Gasteiger charge is -2.32. The number of benzene rings is 1. The maximum Gasteiger partial charge on any atom is 0.178 e. The van der Waals surface area contributed by atoms with Crippen molar-refractivity contribution in [1.29, 1.82) is 0 Å². The lowest BCUT2D eigenvalue weighted by molar-refractivity contribution is 0.378. The minimum atomic E-state index is -0.366. The number of phenols is 2. The summed E-state index contributed by atoms with van der Waals surface area (Å²) in [5, 5.41) is 20.1. The van der Waals surface area contributed by atoms with Crippen molar-refractivity contribution < 1.29 is 10.2 Å². The molecule has 1 aliphatic rings. The van der Waals surface area contributed by atoms with E-state index in [1.807, 2.05) is 12.3 Å². The van der Waals surface area contributed by atoms with Gasteiger partial charge >= 0.3 is 0 Å². The molecule has 4 nitrogen and oxygen atoms in total. The Bertz CT molecular complexity index is 800. The largest absolute Gasteiger partial charge is 0.503 e. The summed E-state index contributed by atoms with van der Waals surface area (Å²) in [4.78, 5) is 7.07. The van der Waals surface area contributed by atoms with Crippen LogP contribution in [0.3, 0.4) is 0 Å². The Balaban J connectivity index is 1.65. The highest BCUT2D eigenvalue weighted by atomic mass is 35.5. The molecule has 0 aliphatic carbocycles. The van der Waals surface area contributed by atoms with Gasteiger partial charge in [-0.25, -0.2) is 0 Å². The minimum absolute atomic E-state index is 0.153. The lowest BCUT2D eigenvalue weighted by Crippen LogP contribution is -2.35. The van der Waals surface area contributed by atoms with E-state index in [-0.39, 0.29) is 21.5 Å². The third kappa shape index (κ3) is 3.84. The summed E-state index contributed by atoms with van der Waals surface area (Å²) >= 11 is 17.9. The molecule has 0 saturated heterocycles. The number of rotatable bonds is 4. The number of aromatic hydroxyl groups is 2. The normalized spacial score (nSPS) is 13.6. The van der Waals surface area contributed by atoms with E-state index in [9.17, 15) is 10.2 Å². The standard InChI is InChI=1S/C18H18Cl2N2O2S/c19-15-12-6-8-22(10-13(12)16(20)18(24)17(15)23)14(25)5-1-3-11-4-2-7-21-9-11/h2,4,7,9,23-24H,1,3,5-6,8,10H2. The van der Waals surface area contributed by atoms with Crippen LogP contribution >= 0.6 is 35.4 Å². The number of halogens is 2. The van der Waals surface area contributed by atoms with Crippen molar-refractivity contribution in [3.05, 3.63) is 51.3 Å². The Hall–Kier alpha value is -1.56. The monoisotopic (exact) mass is 396 g/mol. The first-order valence-corrected chi connectivity index (χ1v) is 9.22. The zero-order valence-corrected chi connectivity index (χ0v) is 15.8. The van der Waals surface area contributed by atoms with Gasteiger partial charge < -0.3 is 15.1 Å². The average molecular weight is 397 g/mol. The van der Waals surface area contributed by atoms with E-state index in [2.05, 4.69) is 16.0 Å². The molecule has 3 rings (SSSR count). The summed E-state index contributed by atoms with van der Waals surface area (Å²) in [7, 11) is 0. The fraction of sp³-hybridized carbons (Fsp3) is 0.333. The number of hydrogen-bond acceptors (Lipinski definition) is 4. The first-order valence-electron chi connectivity index (χ1n) is 8.06. The third-order valence-electron chi connectivity index (χ3n) is 4.45. The van der Waals surface area contributed by atoms with Gasteiger partial charge in [0.25, 0.3) is 0 Å². The average Bonchev–Trinajstić information content (AvgIpc) is 2.65. The predicted octanol–water partition coefficient (Wildman–Crippen LogP) is 4.51. The number of nitrogens with zero attached hydrogens (tertiary/aromatic N) is 2. The number of pyridine rings is 1. The highest BCUT2D eigenvalue weighted by Gasteiger charge is 2.27. The van der Waals surface area contributed by atoms with E-state index in [4.69, 9.17) is 35.4 Å². The number of aromatic nitrogens is 1. The van der Waals surface area contributed by atoms with Crippen molar-refractivity contribution in [1.82, 2.24) is 9.88 Å². The van der Waals surface area contributed by atoms with Gasteiger partial charge in [0.05, 0.1) is 15.0 Å². The van der Waals surface area contributed by atoms with E-state index in [1.54, 1.807) is 6.20 Å². The molecule has 1 aliphatic heterocycles. The van der Waals surface area contributed by atoms with Gasteiger partial charge in [-0.2, -0.15) is 0 Å². The van der Waals surface area contributed by atoms with Crippen molar-refractivity contribution in [2.45, 2.75) is 32.2 Å². The molecular weight excluding hydrogens is 379 g/mol. The molecule has 1 aromatic heterocycles. The van der Waals surface area contributed by atoms with Gasteiger partial charge in [-0.1, -0.05) is 41.5 Å². The van der Waals surface area contributed by atoms with Crippen LogP contribution in [0.4, 0.5) is 0 Å². The Morgan fingerprint density at radius 3 is 2.60 bits per heavy atom. The smallest absolute Gasteiger partial charge is 0.178 e. The molecule has 1 aromatic carbocycles. The molecule has 0 unspecified atom stereocenters. The van der Waals surface area contributed by atoms with E-state index >= 15 is 0 Å². The van der Waals surface area contributed by atoms with Gasteiger partial charge in [0.2, 0.25) is 0 Å². The number of phenolic OH excluding ortho intramolecular Hbond substituents is 2. The molecule has 0 atom stereocenters. The van der Waals surface area contributed by atoms with Crippen molar-refractivity contribution in [2.24, 2.45) is 0 Å². The van der Waals surface area contributed by atoms with Crippen LogP contribution in [0.2, 0.25) is 10.0 Å². The van der Waals surface area contributed by atoms with Crippen LogP contribution < -0.4 is 0 Å². The number of aryl methyl sites for hydroxylation is 1. The summed E-state index contributed by atoms with van der Waals surface area (Å²) in [6.45, 7) is 1.21. The topological polar surface area (TPSA) is 56.6 Å². The Morgan fingerprint density at radius 2 is 1.92 bits per heavy atom. The Morgan fingerprint density at radius 1 is 1.20 bits per heavy atom. The van der Waals surface area contributed by atoms with Gasteiger partial charge in [-0.15, -0.1) is 0 Å². The van der Waals surface area contributed by atoms with Gasteiger partial charge in [0.1, 0.15) is 0 Å². The molecule has 0 spiro atoms. The molecule has 0 fully saturated rings. The second kappa shape index (κ2) is 7.77. The fourth-order valence-corrected chi connectivity index (χ4v) is 3.92. The van der Waals surface area contributed by atoms with Crippen LogP contribution in [0.15, 0.2) is 24.5 Å².